The van der Waals surface area contributed by atoms with E-state index in [1.54, 1.807) is 33.8 Å². The van der Waals surface area contributed by atoms with Gasteiger partial charge in [-0.2, -0.15) is 0 Å². The lowest BCUT2D eigenvalue weighted by molar-refractivity contribution is -0.127. The molecule has 1 aliphatic rings. The summed E-state index contributed by atoms with van der Waals surface area (Å²) in [7, 11) is 0. The van der Waals surface area contributed by atoms with Crippen molar-refractivity contribution >= 4 is 28.5 Å². The molecule has 1 aromatic heterocycles. The monoisotopic (exact) mass is 497 g/mol. The van der Waals surface area contributed by atoms with E-state index in [0.717, 1.165) is 36.8 Å². The lowest BCUT2D eigenvalue weighted by Gasteiger charge is -2.33. The van der Waals surface area contributed by atoms with Gasteiger partial charge in [0.15, 0.2) is 0 Å². The maximum atomic E-state index is 14.0. The maximum absolute atomic E-state index is 14.0. The summed E-state index contributed by atoms with van der Waals surface area (Å²) in [6.07, 6.45) is 5.19. The lowest BCUT2D eigenvalue weighted by Crippen LogP contribution is -2.48. The van der Waals surface area contributed by atoms with E-state index in [-0.39, 0.29) is 30.2 Å². The fourth-order valence-electron chi connectivity index (χ4n) is 4.98. The van der Waals surface area contributed by atoms with Crippen molar-refractivity contribution in [1.82, 2.24) is 20.3 Å². The smallest absolute Gasteiger partial charge is 0.249 e. The predicted octanol–water partition coefficient (Wildman–Crippen LogP) is 4.67. The van der Waals surface area contributed by atoms with Crippen LogP contribution in [0.3, 0.4) is 0 Å². The van der Waals surface area contributed by atoms with E-state index in [2.05, 4.69) is 15.6 Å². The number of hydrogen-bond acceptors (Lipinski definition) is 5. The molecule has 1 aliphatic carbocycles. The second-order valence-corrected chi connectivity index (χ2v) is 9.67. The molecule has 8 nitrogen and oxygen atoms in total. The van der Waals surface area contributed by atoms with Crippen molar-refractivity contribution in [2.45, 2.75) is 57.7 Å². The number of phenolic OH excluding ortho intramolecular Hbond substituents is 1. The second kappa shape index (κ2) is 10.8. The molecule has 2 N–H and O–H groups in total. The van der Waals surface area contributed by atoms with Gasteiger partial charge in [-0.25, -0.2) is 4.68 Å². The minimum atomic E-state index is -0.924. The first-order chi connectivity index (χ1) is 18.0. The Kier molecular flexibility index (Phi) is 7.16. The van der Waals surface area contributed by atoms with Gasteiger partial charge in [0.05, 0.1) is 5.52 Å². The number of hydrogen-bond donors (Lipinski definition) is 2. The number of phenols is 1. The number of fused-ring (bicyclic) bond motifs is 1. The first-order valence-electron chi connectivity index (χ1n) is 12.8. The van der Waals surface area contributed by atoms with E-state index >= 15 is 0 Å². The van der Waals surface area contributed by atoms with Gasteiger partial charge in [-0.15, -0.1) is 5.10 Å². The van der Waals surface area contributed by atoms with Crippen LogP contribution >= 0.6 is 0 Å². The number of rotatable bonds is 7. The molecule has 8 heteroatoms. The fraction of sp³-hybridized carbons (Fsp3) is 0.310. The first-order valence-corrected chi connectivity index (χ1v) is 12.8. The quantitative estimate of drug-likeness (QED) is 0.387. The van der Waals surface area contributed by atoms with Crippen LogP contribution in [0.25, 0.3) is 11.0 Å². The first kappa shape index (κ1) is 24.5. The number of para-hydroxylation sites is 1. The van der Waals surface area contributed by atoms with E-state index in [0.29, 0.717) is 16.8 Å². The highest BCUT2D eigenvalue weighted by Crippen LogP contribution is 2.31. The number of nitrogens with zero attached hydrogens (tertiary/aromatic N) is 4. The fourth-order valence-corrected chi connectivity index (χ4v) is 4.98. The van der Waals surface area contributed by atoms with Crippen LogP contribution in [-0.2, 0) is 16.1 Å². The average molecular weight is 498 g/mol. The molecule has 0 radical (unpaired) electrons. The third-order valence-electron chi connectivity index (χ3n) is 6.95. The van der Waals surface area contributed by atoms with E-state index in [1.807, 2.05) is 55.5 Å². The Morgan fingerprint density at radius 3 is 2.43 bits per heavy atom. The molecule has 4 aromatic rings. The summed E-state index contributed by atoms with van der Waals surface area (Å²) in [5, 5.41) is 21.5. The number of benzene rings is 3. The average Bonchev–Trinajstić information content (AvgIpc) is 3.32. The summed E-state index contributed by atoms with van der Waals surface area (Å²) >= 11 is 0. The number of carbonyl (C=O) groups excluding carboxylic acids is 2. The van der Waals surface area contributed by atoms with Crippen molar-refractivity contribution in [3.05, 3.63) is 83.9 Å². The van der Waals surface area contributed by atoms with Crippen LogP contribution in [0.15, 0.2) is 72.8 Å². The molecule has 2 amide bonds. The number of anilines is 1. The van der Waals surface area contributed by atoms with E-state index in [4.69, 9.17) is 0 Å². The Bertz CT molecular complexity index is 1370. The zero-order chi connectivity index (χ0) is 25.8. The van der Waals surface area contributed by atoms with Crippen molar-refractivity contribution in [3.63, 3.8) is 0 Å². The third-order valence-corrected chi connectivity index (χ3v) is 6.95. The van der Waals surface area contributed by atoms with Crippen LogP contribution < -0.4 is 10.2 Å². The molecule has 0 unspecified atom stereocenters. The highest BCUT2D eigenvalue weighted by molar-refractivity contribution is 6.01. The summed E-state index contributed by atoms with van der Waals surface area (Å²) in [5.74, 6) is -0.441. The zero-order valence-corrected chi connectivity index (χ0v) is 20.9. The number of nitrogens with one attached hydrogen (secondary N) is 1. The molecule has 190 valence electrons. The van der Waals surface area contributed by atoms with Gasteiger partial charge in [-0.05, 0) is 61.7 Å². The molecule has 3 aromatic carbocycles. The van der Waals surface area contributed by atoms with Crippen LogP contribution in [0.4, 0.5) is 5.69 Å². The van der Waals surface area contributed by atoms with Crippen molar-refractivity contribution in [3.8, 4) is 5.75 Å². The standard InChI is InChI=1S/C29H31N5O3/c1-20-11-15-23(16-12-20)34(27(36)19-33-26-10-6-5-9-25(26)31-32-33)28(21-13-17-24(35)18-14-21)29(37)30-22-7-3-2-4-8-22/h5-6,9-18,22,28,35H,2-4,7-8,19H2,1H3,(H,30,37)/t28-/m1/s1. The molecule has 0 aliphatic heterocycles. The Balaban J connectivity index is 1.55. The Morgan fingerprint density at radius 1 is 1.00 bits per heavy atom. The molecule has 1 atom stereocenters. The van der Waals surface area contributed by atoms with E-state index in [9.17, 15) is 14.7 Å². The Hall–Kier alpha value is -4.20. The molecule has 1 heterocycles. The molecule has 1 saturated carbocycles. The van der Waals surface area contributed by atoms with Crippen LogP contribution in [0.1, 0.15) is 49.3 Å². The normalized spacial score (nSPS) is 14.8. The Labute approximate surface area is 215 Å². The summed E-state index contributed by atoms with van der Waals surface area (Å²) < 4.78 is 1.56. The van der Waals surface area contributed by atoms with Crippen molar-refractivity contribution in [2.24, 2.45) is 0 Å². The van der Waals surface area contributed by atoms with Gasteiger partial charge in [0, 0.05) is 11.7 Å². The summed E-state index contributed by atoms with van der Waals surface area (Å²) in [6, 6.07) is 20.6. The Morgan fingerprint density at radius 2 is 1.70 bits per heavy atom. The van der Waals surface area contributed by atoms with Crippen molar-refractivity contribution in [2.75, 3.05) is 4.90 Å². The summed E-state index contributed by atoms with van der Waals surface area (Å²) in [5.41, 5.74) is 3.71. The molecule has 37 heavy (non-hydrogen) atoms. The van der Waals surface area contributed by atoms with Crippen LogP contribution in [-0.4, -0.2) is 38.0 Å². The largest absolute Gasteiger partial charge is 0.508 e. The molecule has 0 saturated heterocycles. The molecule has 0 bridgehead atoms. The number of carbonyl (C=O) groups is 2. The number of aryl methyl sites for hydroxylation is 1. The molecule has 1 fully saturated rings. The number of amides is 2. The van der Waals surface area contributed by atoms with E-state index in [1.165, 1.54) is 6.42 Å². The SMILES string of the molecule is Cc1ccc(N(C(=O)Cn2nnc3ccccc32)[C@@H](C(=O)NC2CCCCC2)c2ccc(O)cc2)cc1. The molecule has 0 spiro atoms. The van der Waals surface area contributed by atoms with E-state index < -0.39 is 6.04 Å². The molecule has 5 rings (SSSR count). The second-order valence-electron chi connectivity index (χ2n) is 9.67. The third kappa shape index (κ3) is 5.48. The maximum Gasteiger partial charge on any atom is 0.249 e. The summed E-state index contributed by atoms with van der Waals surface area (Å²) in [6.45, 7) is 1.89. The lowest BCUT2D eigenvalue weighted by atomic mass is 9.94. The van der Waals surface area contributed by atoms with Crippen LogP contribution in [0.2, 0.25) is 0 Å². The van der Waals surface area contributed by atoms with Gasteiger partial charge >= 0.3 is 0 Å². The van der Waals surface area contributed by atoms with Gasteiger partial charge in [0.25, 0.3) is 0 Å². The van der Waals surface area contributed by atoms with Gasteiger partial charge in [-0.1, -0.05) is 66.4 Å². The zero-order valence-electron chi connectivity index (χ0n) is 20.9. The van der Waals surface area contributed by atoms with Crippen molar-refractivity contribution < 1.29 is 14.7 Å². The van der Waals surface area contributed by atoms with Gasteiger partial charge in [-0.3, -0.25) is 14.5 Å². The van der Waals surface area contributed by atoms with Gasteiger partial charge < -0.3 is 10.4 Å². The highest BCUT2D eigenvalue weighted by Gasteiger charge is 2.34. The van der Waals surface area contributed by atoms with Crippen LogP contribution in [0, 0.1) is 6.92 Å². The topological polar surface area (TPSA) is 100 Å². The number of aromatic nitrogens is 3. The minimum Gasteiger partial charge on any atom is -0.508 e. The van der Waals surface area contributed by atoms with Crippen molar-refractivity contribution in [1.29, 1.82) is 0 Å². The minimum absolute atomic E-state index is 0.0788. The van der Waals surface area contributed by atoms with Gasteiger partial charge in [0.2, 0.25) is 11.8 Å². The van der Waals surface area contributed by atoms with Gasteiger partial charge in [0.1, 0.15) is 23.9 Å². The summed E-state index contributed by atoms with van der Waals surface area (Å²) in [4.78, 5) is 29.5. The van der Waals surface area contributed by atoms with Crippen LogP contribution in [0.5, 0.6) is 5.75 Å². The molecular formula is C29H31N5O3. The predicted molar refractivity (Wildman–Crippen MR) is 142 cm³/mol. The molecular weight excluding hydrogens is 466 g/mol. The highest BCUT2D eigenvalue weighted by atomic mass is 16.3. The number of aromatic hydroxyl groups is 1.